The van der Waals surface area contributed by atoms with Gasteiger partial charge >= 0.3 is 0 Å². The molecule has 6 nitrogen and oxygen atoms in total. The van der Waals surface area contributed by atoms with Gasteiger partial charge in [0.15, 0.2) is 0 Å². The van der Waals surface area contributed by atoms with Crippen LogP contribution in [0.25, 0.3) is 0 Å². The van der Waals surface area contributed by atoms with Gasteiger partial charge in [-0.15, -0.1) is 0 Å². The number of rotatable bonds is 4. The summed E-state index contributed by atoms with van der Waals surface area (Å²) in [6, 6.07) is 0. The minimum absolute atomic E-state index is 0.121. The second-order valence-corrected chi connectivity index (χ2v) is 5.90. The molecule has 0 unspecified atom stereocenters. The van der Waals surface area contributed by atoms with E-state index in [0.29, 0.717) is 23.7 Å². The van der Waals surface area contributed by atoms with Gasteiger partial charge in [-0.1, -0.05) is 24.2 Å². The third kappa shape index (κ3) is 4.03. The smallest absolute Gasteiger partial charge is 0.228 e. The minimum atomic E-state index is 0.121. The molecule has 0 aliphatic carbocycles. The summed E-state index contributed by atoms with van der Waals surface area (Å²) in [5.74, 6) is 0.788. The summed E-state index contributed by atoms with van der Waals surface area (Å²) < 4.78 is 4.64. The number of hydrogen-bond acceptors (Lipinski definition) is 5. The SMILES string of the molecule is Cc1nonc1CC(=O)N1CCCN(CC(C)C)CC1. The molecule has 1 fully saturated rings. The monoisotopic (exact) mass is 280 g/mol. The zero-order valence-electron chi connectivity index (χ0n) is 12.6. The van der Waals surface area contributed by atoms with E-state index in [-0.39, 0.29) is 5.91 Å². The second-order valence-electron chi connectivity index (χ2n) is 5.90. The second kappa shape index (κ2) is 6.83. The third-order valence-electron chi connectivity index (χ3n) is 3.63. The molecule has 0 atom stereocenters. The molecule has 20 heavy (non-hydrogen) atoms. The van der Waals surface area contributed by atoms with Gasteiger partial charge in [0.25, 0.3) is 0 Å². The maximum atomic E-state index is 12.3. The standard InChI is InChI=1S/C14H24N4O2/c1-11(2)10-17-5-4-6-18(8-7-17)14(19)9-13-12(3)15-20-16-13/h11H,4-10H2,1-3H3. The summed E-state index contributed by atoms with van der Waals surface area (Å²) in [7, 11) is 0. The maximum absolute atomic E-state index is 12.3. The molecule has 2 heterocycles. The van der Waals surface area contributed by atoms with E-state index in [0.717, 1.165) is 39.1 Å². The van der Waals surface area contributed by atoms with Crippen molar-refractivity contribution >= 4 is 5.91 Å². The Bertz CT molecular complexity index is 444. The average molecular weight is 280 g/mol. The number of aryl methyl sites for hydroxylation is 1. The van der Waals surface area contributed by atoms with Gasteiger partial charge in [0, 0.05) is 26.2 Å². The van der Waals surface area contributed by atoms with Gasteiger partial charge in [0.1, 0.15) is 11.4 Å². The fourth-order valence-electron chi connectivity index (χ4n) is 2.58. The maximum Gasteiger partial charge on any atom is 0.228 e. The van der Waals surface area contributed by atoms with Crippen molar-refractivity contribution in [2.24, 2.45) is 5.92 Å². The molecule has 1 aliphatic rings. The van der Waals surface area contributed by atoms with Crippen LogP contribution in [0.1, 0.15) is 31.7 Å². The summed E-state index contributed by atoms with van der Waals surface area (Å²) in [4.78, 5) is 16.7. The molecule has 0 N–H and O–H groups in total. The molecule has 6 heteroatoms. The summed E-state index contributed by atoms with van der Waals surface area (Å²) in [6.07, 6.45) is 1.33. The van der Waals surface area contributed by atoms with E-state index in [9.17, 15) is 4.79 Å². The van der Waals surface area contributed by atoms with Crippen LogP contribution in [0.5, 0.6) is 0 Å². The van der Waals surface area contributed by atoms with Crippen LogP contribution in [0.15, 0.2) is 4.63 Å². The Morgan fingerprint density at radius 1 is 1.25 bits per heavy atom. The Hall–Kier alpha value is -1.43. The predicted octanol–water partition coefficient (Wildman–Crippen LogP) is 1.11. The van der Waals surface area contributed by atoms with Crippen molar-refractivity contribution in [3.05, 3.63) is 11.4 Å². The summed E-state index contributed by atoms with van der Waals surface area (Å²) in [6.45, 7) is 11.0. The first kappa shape index (κ1) is 15.0. The summed E-state index contributed by atoms with van der Waals surface area (Å²) >= 11 is 0. The van der Waals surface area contributed by atoms with Crippen molar-refractivity contribution in [3.8, 4) is 0 Å². The third-order valence-corrected chi connectivity index (χ3v) is 3.63. The van der Waals surface area contributed by atoms with E-state index >= 15 is 0 Å². The van der Waals surface area contributed by atoms with Crippen molar-refractivity contribution in [2.45, 2.75) is 33.6 Å². The summed E-state index contributed by atoms with van der Waals surface area (Å²) in [5, 5.41) is 7.50. The zero-order chi connectivity index (χ0) is 14.5. The first-order chi connectivity index (χ1) is 9.56. The molecule has 0 saturated carbocycles. The van der Waals surface area contributed by atoms with E-state index in [2.05, 4.69) is 33.7 Å². The largest absolute Gasteiger partial charge is 0.341 e. The number of carbonyl (C=O) groups excluding carboxylic acids is 1. The Morgan fingerprint density at radius 2 is 2.05 bits per heavy atom. The minimum Gasteiger partial charge on any atom is -0.341 e. The number of aromatic nitrogens is 2. The molecule has 1 amide bonds. The average Bonchev–Trinajstić information content (AvgIpc) is 2.64. The number of hydrogen-bond donors (Lipinski definition) is 0. The first-order valence-electron chi connectivity index (χ1n) is 7.34. The number of nitrogens with zero attached hydrogens (tertiary/aromatic N) is 4. The lowest BCUT2D eigenvalue weighted by molar-refractivity contribution is -0.130. The Labute approximate surface area is 120 Å². The van der Waals surface area contributed by atoms with E-state index in [1.165, 1.54) is 0 Å². The molecule has 0 aromatic carbocycles. The van der Waals surface area contributed by atoms with Crippen molar-refractivity contribution in [3.63, 3.8) is 0 Å². The van der Waals surface area contributed by atoms with Crippen molar-refractivity contribution in [1.29, 1.82) is 0 Å². The van der Waals surface area contributed by atoms with Crippen molar-refractivity contribution in [1.82, 2.24) is 20.1 Å². The molecule has 1 aliphatic heterocycles. The number of amides is 1. The van der Waals surface area contributed by atoms with Gasteiger partial charge in [-0.05, 0) is 25.8 Å². The van der Waals surface area contributed by atoms with E-state index in [1.807, 2.05) is 11.8 Å². The number of carbonyl (C=O) groups is 1. The molecule has 2 rings (SSSR count). The van der Waals surface area contributed by atoms with E-state index < -0.39 is 0 Å². The highest BCUT2D eigenvalue weighted by molar-refractivity contribution is 5.78. The van der Waals surface area contributed by atoms with Crippen LogP contribution in [0, 0.1) is 12.8 Å². The van der Waals surface area contributed by atoms with Gasteiger partial charge in [0.05, 0.1) is 6.42 Å². The van der Waals surface area contributed by atoms with Crippen molar-refractivity contribution in [2.75, 3.05) is 32.7 Å². The topological polar surface area (TPSA) is 62.5 Å². The normalized spacial score (nSPS) is 17.5. The van der Waals surface area contributed by atoms with E-state index in [1.54, 1.807) is 0 Å². The van der Waals surface area contributed by atoms with Gasteiger partial charge < -0.3 is 9.80 Å². The molecule has 0 bridgehead atoms. The Kier molecular flexibility index (Phi) is 5.11. The van der Waals surface area contributed by atoms with Crippen LogP contribution in [-0.4, -0.2) is 58.7 Å². The highest BCUT2D eigenvalue weighted by Gasteiger charge is 2.21. The molecule has 1 aromatic heterocycles. The quantitative estimate of drug-likeness (QED) is 0.827. The lowest BCUT2D eigenvalue weighted by atomic mass is 10.2. The lowest BCUT2D eigenvalue weighted by Gasteiger charge is -2.23. The Morgan fingerprint density at radius 3 is 2.70 bits per heavy atom. The molecule has 112 valence electrons. The molecule has 0 spiro atoms. The van der Waals surface area contributed by atoms with Crippen LogP contribution in [0.2, 0.25) is 0 Å². The molecular weight excluding hydrogens is 256 g/mol. The van der Waals surface area contributed by atoms with Crippen LogP contribution in [-0.2, 0) is 11.2 Å². The van der Waals surface area contributed by atoms with Crippen molar-refractivity contribution < 1.29 is 9.42 Å². The fourth-order valence-corrected chi connectivity index (χ4v) is 2.58. The zero-order valence-corrected chi connectivity index (χ0v) is 12.6. The molecule has 1 aromatic rings. The van der Waals surface area contributed by atoms with Gasteiger partial charge in [-0.2, -0.15) is 0 Å². The van der Waals surface area contributed by atoms with Crippen LogP contribution < -0.4 is 0 Å². The highest BCUT2D eigenvalue weighted by Crippen LogP contribution is 2.09. The lowest BCUT2D eigenvalue weighted by Crippen LogP contribution is -2.37. The predicted molar refractivity (Wildman–Crippen MR) is 75.2 cm³/mol. The fraction of sp³-hybridized carbons (Fsp3) is 0.786. The molecular formula is C14H24N4O2. The highest BCUT2D eigenvalue weighted by atomic mass is 16.6. The van der Waals surface area contributed by atoms with Crippen LogP contribution in [0.4, 0.5) is 0 Å². The first-order valence-corrected chi connectivity index (χ1v) is 7.34. The Balaban J connectivity index is 1.87. The molecule has 0 radical (unpaired) electrons. The van der Waals surface area contributed by atoms with Gasteiger partial charge in [-0.3, -0.25) is 4.79 Å². The van der Waals surface area contributed by atoms with E-state index in [4.69, 9.17) is 0 Å². The van der Waals surface area contributed by atoms with Gasteiger partial charge in [0.2, 0.25) is 5.91 Å². The molecule has 1 saturated heterocycles. The van der Waals surface area contributed by atoms with Crippen LogP contribution in [0.3, 0.4) is 0 Å². The summed E-state index contributed by atoms with van der Waals surface area (Å²) in [5.41, 5.74) is 1.35. The van der Waals surface area contributed by atoms with Gasteiger partial charge in [-0.25, -0.2) is 4.63 Å². The van der Waals surface area contributed by atoms with Crippen LogP contribution >= 0.6 is 0 Å².